The van der Waals surface area contributed by atoms with Crippen molar-refractivity contribution in [2.45, 2.75) is 52.5 Å². The van der Waals surface area contributed by atoms with Crippen LogP contribution in [0.1, 0.15) is 56.2 Å². The van der Waals surface area contributed by atoms with Gasteiger partial charge < -0.3 is 14.4 Å². The molecule has 0 aliphatic carbocycles. The maximum absolute atomic E-state index is 14.1. The van der Waals surface area contributed by atoms with Crippen LogP contribution in [0.15, 0.2) is 109 Å². The van der Waals surface area contributed by atoms with Crippen molar-refractivity contribution in [3.05, 3.63) is 126 Å². The molecular weight excluding hydrogens is 572 g/mol. The van der Waals surface area contributed by atoms with Gasteiger partial charge in [0.25, 0.3) is 5.91 Å². The molecule has 4 aromatic carbocycles. The maximum atomic E-state index is 14.1. The summed E-state index contributed by atoms with van der Waals surface area (Å²) in [5, 5.41) is 1.70. The lowest BCUT2D eigenvalue weighted by Crippen LogP contribution is -2.48. The molecule has 5 aromatic rings. The van der Waals surface area contributed by atoms with Crippen LogP contribution in [0.25, 0.3) is 21.9 Å². The minimum absolute atomic E-state index is 0.0675. The molecule has 5 rings (SSSR count). The van der Waals surface area contributed by atoms with Crippen molar-refractivity contribution in [3.63, 3.8) is 0 Å². The summed E-state index contributed by atoms with van der Waals surface area (Å²) in [5.41, 5.74) is 4.71. The molecule has 1 aromatic heterocycles. The highest BCUT2D eigenvalue weighted by molar-refractivity contribution is 5.98. The van der Waals surface area contributed by atoms with Crippen LogP contribution >= 0.6 is 0 Å². The number of aromatic nitrogens is 1. The van der Waals surface area contributed by atoms with E-state index in [4.69, 9.17) is 9.47 Å². The van der Waals surface area contributed by atoms with E-state index < -0.39 is 12.0 Å². The average molecular weight is 615 g/mol. The molecule has 0 N–H and O–H groups in total. The fraction of sp³-hybridized carbons (Fsp3) is 0.275. The number of esters is 1. The van der Waals surface area contributed by atoms with Gasteiger partial charge in [0.2, 0.25) is 0 Å². The summed E-state index contributed by atoms with van der Waals surface area (Å²) in [4.78, 5) is 33.4. The number of hydrogen-bond acceptors (Lipinski definition) is 5. The molecule has 0 aliphatic heterocycles. The topological polar surface area (TPSA) is 68.7 Å². The van der Waals surface area contributed by atoms with Crippen LogP contribution in [0.5, 0.6) is 11.5 Å². The van der Waals surface area contributed by atoms with Gasteiger partial charge in [0.05, 0.1) is 7.11 Å². The second-order valence-electron chi connectivity index (χ2n) is 13.1. The van der Waals surface area contributed by atoms with Gasteiger partial charge >= 0.3 is 5.97 Å². The van der Waals surface area contributed by atoms with Gasteiger partial charge in [-0.15, -0.1) is 0 Å². The number of rotatable bonds is 10. The first-order chi connectivity index (χ1) is 22.0. The number of carbonyl (C=O) groups excluding carboxylic acids is 2. The Labute approximate surface area is 272 Å². The van der Waals surface area contributed by atoms with Gasteiger partial charge in [-0.25, -0.2) is 4.79 Å². The van der Waals surface area contributed by atoms with Crippen molar-refractivity contribution in [3.8, 4) is 22.6 Å². The van der Waals surface area contributed by atoms with Crippen molar-refractivity contribution in [2.75, 3.05) is 13.7 Å². The van der Waals surface area contributed by atoms with Gasteiger partial charge in [0, 0.05) is 24.5 Å². The first-order valence-corrected chi connectivity index (χ1v) is 15.7. The van der Waals surface area contributed by atoms with Crippen molar-refractivity contribution >= 4 is 22.6 Å². The molecule has 0 bridgehead atoms. The van der Waals surface area contributed by atoms with Crippen LogP contribution in [0, 0.1) is 5.92 Å². The number of pyridine rings is 1. The van der Waals surface area contributed by atoms with Crippen LogP contribution in [0.3, 0.4) is 0 Å². The normalized spacial score (nSPS) is 12.2. The van der Waals surface area contributed by atoms with Gasteiger partial charge in [-0.05, 0) is 69.3 Å². The summed E-state index contributed by atoms with van der Waals surface area (Å²) >= 11 is 0. The summed E-state index contributed by atoms with van der Waals surface area (Å²) in [5.74, 6) is 0.780. The van der Waals surface area contributed by atoms with Crippen LogP contribution in [-0.4, -0.2) is 41.5 Å². The summed E-state index contributed by atoms with van der Waals surface area (Å²) in [6.07, 6.45) is 2.01. The van der Waals surface area contributed by atoms with E-state index in [0.717, 1.165) is 33.2 Å². The lowest BCUT2D eigenvalue weighted by atomic mass is 9.87. The van der Waals surface area contributed by atoms with Crippen LogP contribution in [-0.2, 0) is 21.4 Å². The van der Waals surface area contributed by atoms with E-state index in [9.17, 15) is 9.59 Å². The van der Waals surface area contributed by atoms with Gasteiger partial charge in [-0.2, -0.15) is 0 Å². The average Bonchev–Trinajstić information content (AvgIpc) is 3.06. The highest BCUT2D eigenvalue weighted by Crippen LogP contribution is 2.29. The first kappa shape index (κ1) is 32.4. The number of hydrogen-bond donors (Lipinski definition) is 0. The quantitative estimate of drug-likeness (QED) is 0.147. The molecule has 0 fully saturated rings. The molecule has 0 radical (unpaired) electrons. The number of nitrogens with zero attached hydrogens (tertiary/aromatic N) is 2. The highest BCUT2D eigenvalue weighted by Gasteiger charge is 2.33. The molecule has 0 aliphatic rings. The standard InChI is InChI=1S/C40H42N2O4/c1-27(2)26-42(37(39(44)45-6)22-28-12-14-30(15-13-28)29-10-8-7-9-11-29)38(43)36-24-31-16-19-35(23-32(31)25-41-36)46-34-20-17-33(18-21-34)40(3,4)5/h7-21,23-25,27,37H,22,26H2,1-6H3/t37-/m0/s1. The van der Waals surface area contributed by atoms with Crippen molar-refractivity contribution in [1.82, 2.24) is 9.88 Å². The number of carbonyl (C=O) groups is 2. The number of amides is 1. The second kappa shape index (κ2) is 14.0. The van der Waals surface area contributed by atoms with E-state index >= 15 is 0 Å². The zero-order valence-electron chi connectivity index (χ0n) is 27.5. The molecule has 1 amide bonds. The molecule has 1 heterocycles. The third-order valence-corrected chi connectivity index (χ3v) is 8.03. The number of fused-ring (bicyclic) bond motifs is 1. The van der Waals surface area contributed by atoms with Crippen LogP contribution in [0.4, 0.5) is 0 Å². The molecule has 1 atom stereocenters. The Morgan fingerprint density at radius 3 is 2.07 bits per heavy atom. The van der Waals surface area contributed by atoms with Crippen molar-refractivity contribution in [2.24, 2.45) is 5.92 Å². The van der Waals surface area contributed by atoms with Crippen molar-refractivity contribution < 1.29 is 19.1 Å². The predicted octanol–water partition coefficient (Wildman–Crippen LogP) is 8.87. The van der Waals surface area contributed by atoms with E-state index in [0.29, 0.717) is 18.7 Å². The van der Waals surface area contributed by atoms with E-state index in [2.05, 4.69) is 50.0 Å². The van der Waals surface area contributed by atoms with Crippen LogP contribution < -0.4 is 4.74 Å². The fourth-order valence-corrected chi connectivity index (χ4v) is 5.50. The highest BCUT2D eigenvalue weighted by atomic mass is 16.5. The third-order valence-electron chi connectivity index (χ3n) is 8.03. The molecule has 0 spiro atoms. The molecule has 0 unspecified atom stereocenters. The fourth-order valence-electron chi connectivity index (χ4n) is 5.50. The Hall–Kier alpha value is -4.97. The van der Waals surface area contributed by atoms with Gasteiger partial charge in [0.1, 0.15) is 23.2 Å². The van der Waals surface area contributed by atoms with E-state index in [1.54, 1.807) is 17.2 Å². The zero-order valence-corrected chi connectivity index (χ0v) is 27.5. The molecule has 0 saturated heterocycles. The summed E-state index contributed by atoms with van der Waals surface area (Å²) in [6, 6.07) is 33.0. The monoisotopic (exact) mass is 614 g/mol. The third kappa shape index (κ3) is 7.81. The summed E-state index contributed by atoms with van der Waals surface area (Å²) < 4.78 is 11.3. The molecule has 46 heavy (non-hydrogen) atoms. The van der Waals surface area contributed by atoms with Crippen molar-refractivity contribution in [1.29, 1.82) is 0 Å². The smallest absolute Gasteiger partial charge is 0.328 e. The minimum atomic E-state index is -0.805. The number of ether oxygens (including phenoxy) is 2. The number of methoxy groups -OCH3 is 1. The van der Waals surface area contributed by atoms with Gasteiger partial charge in [-0.1, -0.05) is 107 Å². The Bertz CT molecular complexity index is 1790. The molecule has 0 saturated carbocycles. The maximum Gasteiger partial charge on any atom is 0.328 e. The predicted molar refractivity (Wildman–Crippen MR) is 184 cm³/mol. The van der Waals surface area contributed by atoms with Gasteiger partial charge in [-0.3, -0.25) is 9.78 Å². The lowest BCUT2D eigenvalue weighted by Gasteiger charge is -2.31. The lowest BCUT2D eigenvalue weighted by molar-refractivity contribution is -0.146. The number of benzene rings is 4. The van der Waals surface area contributed by atoms with E-state index in [1.165, 1.54) is 12.7 Å². The molecule has 6 nitrogen and oxygen atoms in total. The van der Waals surface area contributed by atoms with E-state index in [-0.39, 0.29) is 22.9 Å². The Balaban J connectivity index is 1.37. The second-order valence-corrected chi connectivity index (χ2v) is 13.1. The Morgan fingerprint density at radius 1 is 0.783 bits per heavy atom. The Morgan fingerprint density at radius 2 is 1.43 bits per heavy atom. The van der Waals surface area contributed by atoms with E-state index in [1.807, 2.05) is 86.6 Å². The van der Waals surface area contributed by atoms with Gasteiger partial charge in [0.15, 0.2) is 0 Å². The summed E-state index contributed by atoms with van der Waals surface area (Å²) in [6.45, 7) is 11.0. The Kier molecular flexibility index (Phi) is 9.86. The minimum Gasteiger partial charge on any atom is -0.467 e. The van der Waals surface area contributed by atoms with Crippen LogP contribution in [0.2, 0.25) is 0 Å². The molecular formula is C40H42N2O4. The zero-order chi connectivity index (χ0) is 32.8. The summed E-state index contributed by atoms with van der Waals surface area (Å²) in [7, 11) is 1.36. The largest absolute Gasteiger partial charge is 0.467 e. The molecule has 6 heteroatoms. The first-order valence-electron chi connectivity index (χ1n) is 15.7. The molecule has 236 valence electrons. The SMILES string of the molecule is COC(=O)[C@H](Cc1ccc(-c2ccccc2)cc1)N(CC(C)C)C(=O)c1cc2ccc(Oc3ccc(C(C)(C)C)cc3)cc2cn1.